The fourth-order valence-electron chi connectivity index (χ4n) is 15.2. The van der Waals surface area contributed by atoms with E-state index in [1.807, 2.05) is 0 Å². The number of rotatable bonds is 10. The summed E-state index contributed by atoms with van der Waals surface area (Å²) in [5.74, 6) is 0. The van der Waals surface area contributed by atoms with Gasteiger partial charge in [-0.25, -0.2) is 0 Å². The van der Waals surface area contributed by atoms with Crippen LogP contribution < -0.4 is 31.1 Å². The molecule has 2 aromatic heterocycles. The summed E-state index contributed by atoms with van der Waals surface area (Å²) in [6, 6.07) is 124. The predicted molar refractivity (Wildman–Crippen MR) is 399 cm³/mol. The van der Waals surface area contributed by atoms with E-state index in [4.69, 9.17) is 0 Å². The molecule has 0 unspecified atom stereocenters. The van der Waals surface area contributed by atoms with E-state index in [2.05, 4.69) is 378 Å². The van der Waals surface area contributed by atoms with Crippen molar-refractivity contribution in [3.63, 3.8) is 0 Å². The molecule has 0 fully saturated rings. The summed E-state index contributed by atoms with van der Waals surface area (Å²) in [4.78, 5) is 7.59. The molecule has 444 valence electrons. The highest BCUT2D eigenvalue weighted by Crippen LogP contribution is 2.50. The van der Waals surface area contributed by atoms with Crippen LogP contribution in [0.5, 0.6) is 0 Å². The molecular formula is C88H64BN5. The van der Waals surface area contributed by atoms with Gasteiger partial charge in [0.1, 0.15) is 0 Å². The van der Waals surface area contributed by atoms with Crippen LogP contribution in [0.3, 0.4) is 0 Å². The van der Waals surface area contributed by atoms with Crippen LogP contribution in [0.1, 0.15) is 26.3 Å². The Morgan fingerprint density at radius 2 is 0.670 bits per heavy atom. The number of benzene rings is 14. The molecular weight excluding hydrogens is 1140 g/mol. The molecule has 0 radical (unpaired) electrons. The first kappa shape index (κ1) is 55.0. The van der Waals surface area contributed by atoms with Gasteiger partial charge in [0, 0.05) is 84.1 Å². The maximum absolute atomic E-state index is 2.62. The van der Waals surface area contributed by atoms with Crippen molar-refractivity contribution in [1.29, 1.82) is 0 Å². The smallest absolute Gasteiger partial charge is 0.252 e. The van der Waals surface area contributed by atoms with Gasteiger partial charge in [0.15, 0.2) is 0 Å². The number of aromatic nitrogens is 2. The number of hydrogen-bond acceptors (Lipinski definition) is 3. The Morgan fingerprint density at radius 1 is 0.266 bits per heavy atom. The van der Waals surface area contributed by atoms with Crippen molar-refractivity contribution in [1.82, 2.24) is 9.13 Å². The van der Waals surface area contributed by atoms with Gasteiger partial charge < -0.3 is 23.8 Å². The minimum Gasteiger partial charge on any atom is -0.311 e. The Balaban J connectivity index is 0.921. The molecule has 0 atom stereocenters. The van der Waals surface area contributed by atoms with Crippen molar-refractivity contribution < 1.29 is 0 Å². The van der Waals surface area contributed by atoms with E-state index in [0.29, 0.717) is 0 Å². The summed E-state index contributed by atoms with van der Waals surface area (Å²) in [7, 11) is 0. The molecule has 2 aliphatic rings. The molecule has 4 heterocycles. The van der Waals surface area contributed by atoms with Crippen molar-refractivity contribution in [2.75, 3.05) is 14.7 Å². The third-order valence-corrected chi connectivity index (χ3v) is 19.5. The summed E-state index contributed by atoms with van der Waals surface area (Å²) in [6.07, 6.45) is 0. The molecule has 0 amide bonds. The molecule has 0 aliphatic carbocycles. The lowest BCUT2D eigenvalue weighted by Crippen LogP contribution is -2.61. The van der Waals surface area contributed by atoms with Gasteiger partial charge in [0.25, 0.3) is 6.71 Å². The Labute approximate surface area is 548 Å². The Kier molecular flexibility index (Phi) is 12.8. The van der Waals surface area contributed by atoms with Gasteiger partial charge in [0.2, 0.25) is 0 Å². The molecule has 0 saturated carbocycles. The van der Waals surface area contributed by atoms with Crippen molar-refractivity contribution in [3.05, 3.63) is 339 Å². The lowest BCUT2D eigenvalue weighted by Gasteiger charge is -2.45. The van der Waals surface area contributed by atoms with Gasteiger partial charge >= 0.3 is 0 Å². The van der Waals surface area contributed by atoms with E-state index in [0.717, 1.165) is 78.9 Å². The molecule has 2 aliphatic heterocycles. The average Bonchev–Trinajstić information content (AvgIpc) is 0.708. The first-order valence-corrected chi connectivity index (χ1v) is 32.7. The standard InChI is InChI=1S/C88H64BN5/c1-88(2,3)65-54-85-87-86(55-65)94(72-52-63(60-28-11-5-12-29-60)50-64(53-72)61-30-13-6-14-31-61)84-58-70(91-79-41-22-19-38-73(79)74-39-20-23-42-80(74)91)44-48-78(84)89(87)77-47-45-71(57-83(77)93(85)68-37-25-32-62(51-68)59-26-9-4-10-27-59)92-81-43-24-21-40-75(81)76-56-69(46-49-82(76)92)90(66-33-15-7-16-34-66)67-35-17-8-18-36-67/h4-58H,1-3H3. The van der Waals surface area contributed by atoms with Crippen LogP contribution >= 0.6 is 0 Å². The molecule has 0 bridgehead atoms. The Morgan fingerprint density at radius 3 is 1.16 bits per heavy atom. The van der Waals surface area contributed by atoms with Crippen molar-refractivity contribution >= 4 is 118 Å². The highest BCUT2D eigenvalue weighted by atomic mass is 15.2. The quantitative estimate of drug-likeness (QED) is 0.127. The van der Waals surface area contributed by atoms with E-state index in [1.54, 1.807) is 0 Å². The first-order chi connectivity index (χ1) is 46.3. The van der Waals surface area contributed by atoms with Gasteiger partial charge in [-0.05, 0) is 188 Å². The minimum atomic E-state index is -0.253. The van der Waals surface area contributed by atoms with Crippen LogP contribution in [-0.2, 0) is 5.41 Å². The lowest BCUT2D eigenvalue weighted by molar-refractivity contribution is 0.590. The summed E-state index contributed by atoms with van der Waals surface area (Å²) in [6.45, 7) is 6.94. The fraction of sp³-hybridized carbons (Fsp3) is 0.0455. The van der Waals surface area contributed by atoms with Crippen LogP contribution in [0.15, 0.2) is 334 Å². The van der Waals surface area contributed by atoms with Gasteiger partial charge in [-0.15, -0.1) is 0 Å². The predicted octanol–water partition coefficient (Wildman–Crippen LogP) is 21.7. The number of anilines is 9. The Bertz CT molecular complexity index is 5460. The molecule has 14 aromatic carbocycles. The number of nitrogens with zero attached hydrogens (tertiary/aromatic N) is 5. The van der Waals surface area contributed by atoms with Gasteiger partial charge in [-0.1, -0.05) is 227 Å². The summed E-state index contributed by atoms with van der Waals surface area (Å²) >= 11 is 0. The highest BCUT2D eigenvalue weighted by Gasteiger charge is 2.45. The van der Waals surface area contributed by atoms with Crippen molar-refractivity contribution in [2.24, 2.45) is 0 Å². The average molecular weight is 1200 g/mol. The van der Waals surface area contributed by atoms with Crippen molar-refractivity contribution in [2.45, 2.75) is 26.2 Å². The van der Waals surface area contributed by atoms with Crippen LogP contribution in [0.4, 0.5) is 51.2 Å². The molecule has 0 spiro atoms. The third kappa shape index (κ3) is 9.00. The van der Waals surface area contributed by atoms with Crippen molar-refractivity contribution in [3.8, 4) is 44.8 Å². The summed E-state index contributed by atoms with van der Waals surface area (Å²) in [5, 5.41) is 4.85. The second-order valence-electron chi connectivity index (χ2n) is 26.1. The maximum atomic E-state index is 2.62. The van der Waals surface area contributed by atoms with E-state index in [1.165, 1.54) is 82.6 Å². The third-order valence-electron chi connectivity index (χ3n) is 19.5. The molecule has 0 saturated heterocycles. The largest absolute Gasteiger partial charge is 0.311 e. The highest BCUT2D eigenvalue weighted by molar-refractivity contribution is 7.00. The lowest BCUT2D eigenvalue weighted by atomic mass is 9.33. The fourth-order valence-corrected chi connectivity index (χ4v) is 15.2. The summed E-state index contributed by atoms with van der Waals surface area (Å²) < 4.78 is 4.97. The minimum absolute atomic E-state index is 0.163. The Hall–Kier alpha value is -11.9. The van der Waals surface area contributed by atoms with Crippen LogP contribution in [-0.4, -0.2) is 15.8 Å². The molecule has 18 rings (SSSR count). The zero-order valence-corrected chi connectivity index (χ0v) is 52.6. The first-order valence-electron chi connectivity index (χ1n) is 32.7. The molecule has 94 heavy (non-hydrogen) atoms. The molecule has 5 nitrogen and oxygen atoms in total. The zero-order chi connectivity index (χ0) is 62.6. The van der Waals surface area contributed by atoms with E-state index in [9.17, 15) is 0 Å². The topological polar surface area (TPSA) is 19.6 Å². The van der Waals surface area contributed by atoms with Gasteiger partial charge in [-0.3, -0.25) is 0 Å². The number of fused-ring (bicyclic) bond motifs is 10. The second kappa shape index (κ2) is 21.9. The van der Waals surface area contributed by atoms with E-state index < -0.39 is 0 Å². The summed E-state index contributed by atoms with van der Waals surface area (Å²) in [5.41, 5.74) is 28.7. The van der Waals surface area contributed by atoms with Crippen LogP contribution in [0.2, 0.25) is 0 Å². The van der Waals surface area contributed by atoms with E-state index in [-0.39, 0.29) is 12.1 Å². The van der Waals surface area contributed by atoms with Gasteiger partial charge in [0.05, 0.1) is 22.1 Å². The SMILES string of the molecule is CC(C)(C)c1cc2c3c(c1)N(c1cccc(-c4ccccc4)c1)c1cc(-n4c5ccccc5c5cc(N(c6ccccc6)c6ccccc6)ccc54)ccc1B3c1ccc(-n3c4ccccc4c4ccccc43)cc1N2c1cc(-c2ccccc2)cc(-c2ccccc2)c1. The van der Waals surface area contributed by atoms with Gasteiger partial charge in [-0.2, -0.15) is 0 Å². The van der Waals surface area contributed by atoms with Crippen LogP contribution in [0, 0.1) is 0 Å². The molecule has 0 N–H and O–H groups in total. The number of hydrogen-bond donors (Lipinski definition) is 0. The van der Waals surface area contributed by atoms with Crippen LogP contribution in [0.25, 0.3) is 88.4 Å². The second-order valence-corrected chi connectivity index (χ2v) is 26.1. The maximum Gasteiger partial charge on any atom is 0.252 e. The number of para-hydroxylation sites is 5. The normalized spacial score (nSPS) is 12.6. The monoisotopic (exact) mass is 1200 g/mol. The molecule has 16 aromatic rings. The van der Waals surface area contributed by atoms with E-state index >= 15 is 0 Å². The zero-order valence-electron chi connectivity index (χ0n) is 52.6. The molecule has 6 heteroatoms.